The number of aliphatic hydroxyl groups is 7. The molecule has 2 saturated carbocycles. The highest BCUT2D eigenvalue weighted by molar-refractivity contribution is 5.89. The standard InChI is InChI=1S/C23H44N8O11/c24-3-7-14(34)17(37)12(31-22(28)29)19(40-7)10-5(25)1-6(30-21(38)23(39)2-9(23)26)18(15(10)35)42-20-16(36)11(27)13(33)8(4-32)41-20/h5-20,32-37,39H,1-4,24-27H2,(H,30,38)(H4,28,29,31)/t5-,6+,7+,8+,9?,10?,11-,12+,13+,14+,15-,16+,17+,18-,19+,20+,23?/m0/s1. The molecule has 1 amide bonds. The monoisotopic (exact) mass is 608 g/mol. The van der Waals surface area contributed by atoms with Gasteiger partial charge in [-0.15, -0.1) is 0 Å². The van der Waals surface area contributed by atoms with Gasteiger partial charge in [0.2, 0.25) is 0 Å². The van der Waals surface area contributed by atoms with Crippen molar-refractivity contribution in [3.05, 3.63) is 0 Å². The molecule has 3 unspecified atom stereocenters. The van der Waals surface area contributed by atoms with E-state index in [2.05, 4.69) is 10.3 Å². The van der Waals surface area contributed by atoms with E-state index in [9.17, 15) is 40.5 Å². The van der Waals surface area contributed by atoms with Crippen molar-refractivity contribution in [1.29, 1.82) is 0 Å². The van der Waals surface area contributed by atoms with Gasteiger partial charge in [-0.1, -0.05) is 0 Å². The quantitative estimate of drug-likeness (QED) is 0.0897. The molecule has 17 atom stereocenters. The Hall–Kier alpha value is -1.82. The van der Waals surface area contributed by atoms with Crippen LogP contribution < -0.4 is 39.7 Å². The van der Waals surface area contributed by atoms with Crippen LogP contribution in [0.1, 0.15) is 12.8 Å². The Morgan fingerprint density at radius 1 is 0.976 bits per heavy atom. The number of nitrogens with one attached hydrogen (secondary N) is 1. The molecule has 2 aliphatic heterocycles. The molecule has 19 heteroatoms. The molecule has 19 nitrogen and oxygen atoms in total. The van der Waals surface area contributed by atoms with Crippen LogP contribution >= 0.6 is 0 Å². The third-order valence-corrected chi connectivity index (χ3v) is 8.73. The minimum atomic E-state index is -1.84. The van der Waals surface area contributed by atoms with E-state index in [1.807, 2.05) is 0 Å². The number of guanidine groups is 1. The molecule has 4 aliphatic rings. The number of nitrogens with zero attached hydrogens (tertiary/aromatic N) is 1. The Kier molecular flexibility index (Phi) is 9.97. The predicted octanol–water partition coefficient (Wildman–Crippen LogP) is -9.12. The summed E-state index contributed by atoms with van der Waals surface area (Å²) < 4.78 is 17.5. The van der Waals surface area contributed by atoms with Gasteiger partial charge in [0.05, 0.1) is 37.0 Å². The molecule has 0 aromatic heterocycles. The molecule has 2 heterocycles. The molecule has 0 radical (unpaired) electrons. The number of ether oxygens (including phenoxy) is 3. The first kappa shape index (κ1) is 33.1. The first-order chi connectivity index (χ1) is 19.7. The first-order valence-electron chi connectivity index (χ1n) is 13.7. The Morgan fingerprint density at radius 3 is 2.17 bits per heavy atom. The Morgan fingerprint density at radius 2 is 1.62 bits per heavy atom. The number of rotatable bonds is 8. The topological polar surface area (TPSA) is 367 Å². The van der Waals surface area contributed by atoms with Gasteiger partial charge in [-0.2, -0.15) is 0 Å². The zero-order chi connectivity index (χ0) is 31.3. The number of aliphatic hydroxyl groups excluding tert-OH is 6. The fraction of sp³-hybridized carbons (Fsp3) is 0.913. The molecule has 4 rings (SSSR count). The molecule has 20 N–H and O–H groups in total. The second-order valence-corrected chi connectivity index (χ2v) is 11.6. The summed E-state index contributed by atoms with van der Waals surface area (Å²) >= 11 is 0. The zero-order valence-electron chi connectivity index (χ0n) is 22.7. The van der Waals surface area contributed by atoms with Crippen LogP contribution in [0.2, 0.25) is 0 Å². The Bertz CT molecular complexity index is 994. The molecule has 4 fully saturated rings. The summed E-state index contributed by atoms with van der Waals surface area (Å²) in [6.07, 6.45) is -14.5. The van der Waals surface area contributed by atoms with E-state index in [0.717, 1.165) is 0 Å². The Balaban J connectivity index is 1.67. The van der Waals surface area contributed by atoms with Crippen molar-refractivity contribution < 1.29 is 54.8 Å². The predicted molar refractivity (Wildman–Crippen MR) is 141 cm³/mol. The summed E-state index contributed by atoms with van der Waals surface area (Å²) in [6, 6.07) is -5.52. The lowest BCUT2D eigenvalue weighted by atomic mass is 9.71. The molecular formula is C23H44N8O11. The van der Waals surface area contributed by atoms with Crippen LogP contribution in [-0.2, 0) is 19.0 Å². The molecule has 0 aromatic carbocycles. The van der Waals surface area contributed by atoms with Crippen LogP contribution in [-0.4, -0.2) is 158 Å². The average molecular weight is 609 g/mol. The Labute approximate surface area is 240 Å². The maximum Gasteiger partial charge on any atom is 0.253 e. The van der Waals surface area contributed by atoms with Crippen LogP contribution in [0.25, 0.3) is 0 Å². The molecule has 2 aliphatic carbocycles. The fourth-order valence-electron chi connectivity index (χ4n) is 6.08. The number of hydrogen-bond acceptors (Lipinski definition) is 16. The minimum absolute atomic E-state index is 0.000479. The van der Waals surface area contributed by atoms with Gasteiger partial charge < -0.3 is 89.7 Å². The van der Waals surface area contributed by atoms with Gasteiger partial charge in [0, 0.05) is 31.0 Å². The maximum atomic E-state index is 12.9. The lowest BCUT2D eigenvalue weighted by molar-refractivity contribution is -0.307. The van der Waals surface area contributed by atoms with Gasteiger partial charge in [0.25, 0.3) is 5.91 Å². The van der Waals surface area contributed by atoms with E-state index in [1.54, 1.807) is 0 Å². The van der Waals surface area contributed by atoms with E-state index in [-0.39, 0.29) is 19.4 Å². The second-order valence-electron chi connectivity index (χ2n) is 11.6. The highest BCUT2D eigenvalue weighted by Gasteiger charge is 2.60. The van der Waals surface area contributed by atoms with Gasteiger partial charge in [0.15, 0.2) is 17.9 Å². The third-order valence-electron chi connectivity index (χ3n) is 8.73. The van der Waals surface area contributed by atoms with Crippen molar-refractivity contribution >= 4 is 11.9 Å². The normalized spacial score (nSPS) is 51.0. The van der Waals surface area contributed by atoms with Crippen LogP contribution in [0.4, 0.5) is 0 Å². The van der Waals surface area contributed by atoms with Crippen molar-refractivity contribution in [3.8, 4) is 0 Å². The van der Waals surface area contributed by atoms with Crippen LogP contribution in [0.3, 0.4) is 0 Å². The van der Waals surface area contributed by atoms with Crippen LogP contribution in [0.5, 0.6) is 0 Å². The largest absolute Gasteiger partial charge is 0.394 e. The van der Waals surface area contributed by atoms with Gasteiger partial charge in [0.1, 0.15) is 42.7 Å². The number of carbonyl (C=O) groups is 1. The third kappa shape index (κ3) is 6.08. The molecule has 2 saturated heterocycles. The van der Waals surface area contributed by atoms with Crippen molar-refractivity contribution in [2.45, 2.75) is 110 Å². The number of hydrogen-bond donors (Lipinski definition) is 14. The molecular weight excluding hydrogens is 564 g/mol. The highest BCUT2D eigenvalue weighted by atomic mass is 16.7. The summed E-state index contributed by atoms with van der Waals surface area (Å²) in [4.78, 5) is 16.9. The van der Waals surface area contributed by atoms with Gasteiger partial charge in [-0.05, 0) is 6.42 Å². The number of nitrogens with two attached hydrogens (primary N) is 6. The fourth-order valence-corrected chi connectivity index (χ4v) is 6.08. The number of aliphatic imine (C=N–C) groups is 1. The zero-order valence-corrected chi connectivity index (χ0v) is 22.7. The smallest absolute Gasteiger partial charge is 0.253 e. The van der Waals surface area contributed by atoms with Crippen molar-refractivity contribution in [2.24, 2.45) is 45.3 Å². The van der Waals surface area contributed by atoms with E-state index in [0.29, 0.717) is 0 Å². The summed E-state index contributed by atoms with van der Waals surface area (Å²) in [5.41, 5.74) is 33.2. The second kappa shape index (κ2) is 12.7. The van der Waals surface area contributed by atoms with Gasteiger partial charge >= 0.3 is 0 Å². The summed E-state index contributed by atoms with van der Waals surface area (Å²) in [5.74, 6) is -2.42. The average Bonchev–Trinajstić information content (AvgIpc) is 3.56. The molecule has 242 valence electrons. The molecule has 0 aromatic rings. The summed E-state index contributed by atoms with van der Waals surface area (Å²) in [5, 5.41) is 76.7. The summed E-state index contributed by atoms with van der Waals surface area (Å²) in [7, 11) is 0. The SMILES string of the molecule is NC[C@H]1O[C@H](C2[C@@H](N)C[C@@H](NC(=O)C3(O)CC3N)[C@H](O[C@H]3O[C@H](CO)[C@@H](O)[C@H](N)[C@H]3O)[C@H]2O)[C@H](N=C(N)N)[C@@H](O)[C@@H]1O. The van der Waals surface area contributed by atoms with Crippen LogP contribution in [0.15, 0.2) is 4.99 Å². The number of amides is 1. The lowest BCUT2D eigenvalue weighted by Gasteiger charge is -2.52. The van der Waals surface area contributed by atoms with Crippen molar-refractivity contribution in [3.63, 3.8) is 0 Å². The van der Waals surface area contributed by atoms with E-state index in [1.165, 1.54) is 0 Å². The van der Waals surface area contributed by atoms with Crippen molar-refractivity contribution in [1.82, 2.24) is 5.32 Å². The van der Waals surface area contributed by atoms with E-state index >= 15 is 0 Å². The highest BCUT2D eigenvalue weighted by Crippen LogP contribution is 2.39. The van der Waals surface area contributed by atoms with E-state index in [4.69, 9.17) is 48.6 Å². The van der Waals surface area contributed by atoms with Gasteiger partial charge in [-0.25, -0.2) is 4.99 Å². The van der Waals surface area contributed by atoms with Gasteiger partial charge in [-0.3, -0.25) is 4.79 Å². The maximum absolute atomic E-state index is 12.9. The summed E-state index contributed by atoms with van der Waals surface area (Å²) in [6.45, 7) is -0.895. The van der Waals surface area contributed by atoms with Crippen LogP contribution in [0, 0.1) is 5.92 Å². The van der Waals surface area contributed by atoms with Crippen molar-refractivity contribution in [2.75, 3.05) is 13.2 Å². The first-order valence-corrected chi connectivity index (χ1v) is 13.7. The number of carbonyl (C=O) groups excluding carboxylic acids is 1. The molecule has 0 bridgehead atoms. The molecule has 42 heavy (non-hydrogen) atoms. The lowest BCUT2D eigenvalue weighted by Crippen LogP contribution is -2.71. The van der Waals surface area contributed by atoms with E-state index < -0.39 is 121 Å². The minimum Gasteiger partial charge on any atom is -0.394 e. The molecule has 0 spiro atoms.